The van der Waals surface area contributed by atoms with Gasteiger partial charge in [-0.25, -0.2) is 14.6 Å². The molecule has 1 saturated heterocycles. The summed E-state index contributed by atoms with van der Waals surface area (Å²) in [6.07, 6.45) is 4.17. The molecule has 0 amide bonds. The molecule has 0 spiro atoms. The number of aryl methyl sites for hydroxylation is 1. The van der Waals surface area contributed by atoms with E-state index in [1.54, 1.807) is 12.3 Å². The summed E-state index contributed by atoms with van der Waals surface area (Å²) in [5.74, 6) is 0.770. The van der Waals surface area contributed by atoms with Crippen molar-refractivity contribution < 1.29 is 0 Å². The van der Waals surface area contributed by atoms with Crippen molar-refractivity contribution in [2.24, 2.45) is 0 Å². The number of aromatic amines is 1. The van der Waals surface area contributed by atoms with Crippen molar-refractivity contribution in [1.29, 1.82) is 0 Å². The van der Waals surface area contributed by atoms with Crippen LogP contribution in [0.3, 0.4) is 0 Å². The first kappa shape index (κ1) is 16.1. The second-order valence-corrected chi connectivity index (χ2v) is 7.01. The molecule has 2 aromatic heterocycles. The summed E-state index contributed by atoms with van der Waals surface area (Å²) in [4.78, 5) is 23.8. The number of nitrogens with one attached hydrogen (secondary N) is 1. The number of H-pyrrole nitrogens is 1. The molecule has 4 rings (SSSR count). The molecule has 1 aliphatic rings. The molecule has 3 aromatic rings. The van der Waals surface area contributed by atoms with Gasteiger partial charge in [0.15, 0.2) is 0 Å². The molecule has 0 unspecified atom stereocenters. The Hall–Kier alpha value is -2.41. The number of rotatable bonds is 3. The molecule has 25 heavy (non-hydrogen) atoms. The van der Waals surface area contributed by atoms with Crippen LogP contribution >= 0.6 is 15.9 Å². The van der Waals surface area contributed by atoms with Crippen molar-refractivity contribution in [3.05, 3.63) is 57.0 Å². The van der Waals surface area contributed by atoms with Gasteiger partial charge in [0, 0.05) is 35.4 Å². The summed E-state index contributed by atoms with van der Waals surface area (Å²) >= 11 is 3.48. The number of para-hydroxylation sites is 1. The first-order valence-electron chi connectivity index (χ1n) is 8.29. The maximum absolute atomic E-state index is 12.4. The van der Waals surface area contributed by atoms with E-state index in [-0.39, 0.29) is 5.56 Å². The third-order valence-electron chi connectivity index (χ3n) is 4.46. The van der Waals surface area contributed by atoms with Crippen molar-refractivity contribution in [3.63, 3.8) is 0 Å². The predicted octanol–water partition coefficient (Wildman–Crippen LogP) is 3.29. The first-order valence-corrected chi connectivity index (χ1v) is 9.09. The van der Waals surface area contributed by atoms with Gasteiger partial charge in [-0.2, -0.15) is 0 Å². The smallest absolute Gasteiger partial charge is 0.271 e. The Labute approximate surface area is 153 Å². The normalized spacial score (nSPS) is 14.2. The Morgan fingerprint density at radius 1 is 1.20 bits per heavy atom. The molecule has 0 radical (unpaired) electrons. The van der Waals surface area contributed by atoms with Crippen LogP contribution in [0.25, 0.3) is 16.9 Å². The van der Waals surface area contributed by atoms with Crippen LogP contribution in [0.5, 0.6) is 0 Å². The Balaban J connectivity index is 1.72. The number of benzene rings is 1. The van der Waals surface area contributed by atoms with Crippen LogP contribution in [0.15, 0.2) is 45.8 Å². The van der Waals surface area contributed by atoms with Crippen molar-refractivity contribution in [2.75, 3.05) is 18.0 Å². The standard InChI is InChI=1S/C18H18BrN5O/c1-12-13(11-20-18(21-12)23-8-4-5-9-23)15-10-17(25)24(22-15)16-7-3-2-6-14(16)19/h2-3,6-7,10-11,22H,4-5,8-9H2,1H3. The number of anilines is 1. The molecule has 128 valence electrons. The number of hydrogen-bond donors (Lipinski definition) is 1. The lowest BCUT2D eigenvalue weighted by atomic mass is 10.2. The van der Waals surface area contributed by atoms with Crippen LogP contribution in [-0.2, 0) is 0 Å². The predicted molar refractivity (Wildman–Crippen MR) is 101 cm³/mol. The molecule has 7 heteroatoms. The van der Waals surface area contributed by atoms with Crippen LogP contribution in [-0.4, -0.2) is 32.8 Å². The number of nitrogens with zero attached hydrogens (tertiary/aromatic N) is 4. The quantitative estimate of drug-likeness (QED) is 0.733. The molecular weight excluding hydrogens is 382 g/mol. The molecule has 3 heterocycles. The van der Waals surface area contributed by atoms with E-state index in [1.807, 2.05) is 31.2 Å². The number of halogens is 1. The number of hydrogen-bond acceptors (Lipinski definition) is 4. The van der Waals surface area contributed by atoms with E-state index in [0.29, 0.717) is 5.69 Å². The third kappa shape index (κ3) is 3.00. The fourth-order valence-electron chi connectivity index (χ4n) is 3.13. The van der Waals surface area contributed by atoms with Crippen LogP contribution in [0, 0.1) is 6.92 Å². The first-order chi connectivity index (χ1) is 12.1. The van der Waals surface area contributed by atoms with Gasteiger partial charge in [0.1, 0.15) is 0 Å². The topological polar surface area (TPSA) is 66.8 Å². The monoisotopic (exact) mass is 399 g/mol. The minimum absolute atomic E-state index is 0.120. The Morgan fingerprint density at radius 3 is 2.68 bits per heavy atom. The zero-order valence-electron chi connectivity index (χ0n) is 13.9. The molecule has 1 N–H and O–H groups in total. The van der Waals surface area contributed by atoms with Gasteiger partial charge in [0.05, 0.1) is 17.1 Å². The summed E-state index contributed by atoms with van der Waals surface area (Å²) in [5.41, 5.74) is 3.06. The zero-order chi connectivity index (χ0) is 17.4. The lowest BCUT2D eigenvalue weighted by molar-refractivity contribution is 0.846. The molecular formula is C18H18BrN5O. The Bertz CT molecular complexity index is 972. The Kier molecular flexibility index (Phi) is 4.17. The molecule has 0 saturated carbocycles. The summed E-state index contributed by atoms with van der Waals surface area (Å²) in [6.45, 7) is 3.97. The molecule has 0 bridgehead atoms. The van der Waals surface area contributed by atoms with E-state index in [2.05, 4.69) is 35.9 Å². The zero-order valence-corrected chi connectivity index (χ0v) is 15.5. The summed E-state index contributed by atoms with van der Waals surface area (Å²) < 4.78 is 2.37. The van der Waals surface area contributed by atoms with Gasteiger partial charge in [-0.3, -0.25) is 9.89 Å². The second kappa shape index (κ2) is 6.48. The highest BCUT2D eigenvalue weighted by atomic mass is 79.9. The molecule has 1 aromatic carbocycles. The highest BCUT2D eigenvalue weighted by molar-refractivity contribution is 9.10. The molecule has 6 nitrogen and oxygen atoms in total. The Morgan fingerprint density at radius 2 is 1.96 bits per heavy atom. The lowest BCUT2D eigenvalue weighted by Gasteiger charge is -2.16. The van der Waals surface area contributed by atoms with E-state index >= 15 is 0 Å². The maximum atomic E-state index is 12.4. The van der Waals surface area contributed by atoms with Crippen molar-refractivity contribution in [2.45, 2.75) is 19.8 Å². The maximum Gasteiger partial charge on any atom is 0.271 e. The highest BCUT2D eigenvalue weighted by Crippen LogP contribution is 2.24. The fraction of sp³-hybridized carbons (Fsp3) is 0.278. The van der Waals surface area contributed by atoms with E-state index in [0.717, 1.165) is 40.5 Å². The number of aromatic nitrogens is 4. The van der Waals surface area contributed by atoms with Crippen molar-refractivity contribution >= 4 is 21.9 Å². The van der Waals surface area contributed by atoms with Crippen LogP contribution < -0.4 is 10.5 Å². The van der Waals surface area contributed by atoms with Gasteiger partial charge in [0.2, 0.25) is 5.95 Å². The van der Waals surface area contributed by atoms with Crippen LogP contribution in [0.2, 0.25) is 0 Å². The molecule has 1 aliphatic heterocycles. The molecule has 1 fully saturated rings. The van der Waals surface area contributed by atoms with Crippen molar-refractivity contribution in [3.8, 4) is 16.9 Å². The van der Waals surface area contributed by atoms with Gasteiger partial charge < -0.3 is 4.90 Å². The van der Waals surface area contributed by atoms with Crippen LogP contribution in [0.4, 0.5) is 5.95 Å². The lowest BCUT2D eigenvalue weighted by Crippen LogP contribution is -2.20. The van der Waals surface area contributed by atoms with E-state index in [4.69, 9.17) is 0 Å². The molecule has 0 atom stereocenters. The average Bonchev–Trinajstić information content (AvgIpc) is 3.25. The van der Waals surface area contributed by atoms with Crippen molar-refractivity contribution in [1.82, 2.24) is 19.7 Å². The summed E-state index contributed by atoms with van der Waals surface area (Å²) in [7, 11) is 0. The van der Waals surface area contributed by atoms with Gasteiger partial charge in [-0.05, 0) is 47.8 Å². The second-order valence-electron chi connectivity index (χ2n) is 6.16. The highest BCUT2D eigenvalue weighted by Gasteiger charge is 2.17. The average molecular weight is 400 g/mol. The third-order valence-corrected chi connectivity index (χ3v) is 5.13. The van der Waals surface area contributed by atoms with E-state index in [9.17, 15) is 4.79 Å². The SMILES string of the molecule is Cc1nc(N2CCCC2)ncc1-c1cc(=O)n(-c2ccccc2Br)[nH]1. The van der Waals surface area contributed by atoms with Gasteiger partial charge in [-0.1, -0.05) is 12.1 Å². The summed E-state index contributed by atoms with van der Waals surface area (Å²) in [5, 5.41) is 3.17. The minimum Gasteiger partial charge on any atom is -0.341 e. The van der Waals surface area contributed by atoms with E-state index < -0.39 is 0 Å². The van der Waals surface area contributed by atoms with Crippen LogP contribution in [0.1, 0.15) is 18.5 Å². The fourth-order valence-corrected chi connectivity index (χ4v) is 3.60. The molecule has 0 aliphatic carbocycles. The largest absolute Gasteiger partial charge is 0.341 e. The van der Waals surface area contributed by atoms with Gasteiger partial charge in [-0.15, -0.1) is 0 Å². The minimum atomic E-state index is -0.120. The summed E-state index contributed by atoms with van der Waals surface area (Å²) in [6, 6.07) is 9.18. The van der Waals surface area contributed by atoms with Gasteiger partial charge in [0.25, 0.3) is 5.56 Å². The van der Waals surface area contributed by atoms with Gasteiger partial charge >= 0.3 is 0 Å². The van der Waals surface area contributed by atoms with E-state index in [1.165, 1.54) is 17.5 Å².